The van der Waals surface area contributed by atoms with Crippen molar-refractivity contribution in [1.29, 1.82) is 0 Å². The van der Waals surface area contributed by atoms with E-state index in [0.29, 0.717) is 42.2 Å². The standard InChI is InChI=1S/C18H19FN4O3/c19-15-1-3-16(4-2-15)20-17(24)13-21-9-11-22(12-10-21)18(25)14-5-7-23(26)8-6-14/h1-8H,9-13H2,(H,20,24). The minimum atomic E-state index is -0.354. The van der Waals surface area contributed by atoms with Crippen molar-refractivity contribution in [3.8, 4) is 0 Å². The molecule has 1 saturated heterocycles. The van der Waals surface area contributed by atoms with E-state index in [2.05, 4.69) is 5.32 Å². The molecule has 1 N–H and O–H groups in total. The molecule has 0 atom stereocenters. The van der Waals surface area contributed by atoms with Gasteiger partial charge in [0, 0.05) is 44.0 Å². The monoisotopic (exact) mass is 358 g/mol. The van der Waals surface area contributed by atoms with Crippen LogP contribution in [0.3, 0.4) is 0 Å². The van der Waals surface area contributed by atoms with Gasteiger partial charge in [0.1, 0.15) is 5.82 Å². The number of piperazine rings is 1. The van der Waals surface area contributed by atoms with Crippen LogP contribution in [0.5, 0.6) is 0 Å². The number of rotatable bonds is 4. The predicted molar refractivity (Wildman–Crippen MR) is 92.8 cm³/mol. The summed E-state index contributed by atoms with van der Waals surface area (Å²) in [5, 5.41) is 13.8. The number of amides is 2. The predicted octanol–water partition coefficient (Wildman–Crippen LogP) is 0.856. The molecule has 0 aliphatic carbocycles. The Bertz CT molecular complexity index is 772. The average Bonchev–Trinajstić information content (AvgIpc) is 2.64. The van der Waals surface area contributed by atoms with Crippen molar-refractivity contribution in [3.05, 3.63) is 65.4 Å². The zero-order chi connectivity index (χ0) is 18.5. The topological polar surface area (TPSA) is 79.6 Å². The van der Waals surface area contributed by atoms with Crippen LogP contribution >= 0.6 is 0 Å². The molecule has 1 aromatic heterocycles. The van der Waals surface area contributed by atoms with E-state index in [1.54, 1.807) is 4.90 Å². The maximum Gasteiger partial charge on any atom is 0.254 e. The van der Waals surface area contributed by atoms with Crippen molar-refractivity contribution >= 4 is 17.5 Å². The summed E-state index contributed by atoms with van der Waals surface area (Å²) >= 11 is 0. The van der Waals surface area contributed by atoms with Crippen LogP contribution in [0.4, 0.5) is 10.1 Å². The van der Waals surface area contributed by atoms with E-state index >= 15 is 0 Å². The number of pyridine rings is 1. The number of carbonyl (C=O) groups is 2. The quantitative estimate of drug-likeness (QED) is 0.649. The molecule has 1 aliphatic heterocycles. The van der Waals surface area contributed by atoms with Crippen molar-refractivity contribution in [1.82, 2.24) is 9.80 Å². The molecule has 136 valence electrons. The van der Waals surface area contributed by atoms with Gasteiger partial charge in [0.25, 0.3) is 5.91 Å². The molecule has 1 aromatic carbocycles. The second-order valence-corrected chi connectivity index (χ2v) is 6.07. The average molecular weight is 358 g/mol. The van der Waals surface area contributed by atoms with Crippen molar-refractivity contribution in [2.24, 2.45) is 0 Å². The Hall–Kier alpha value is -3.00. The number of anilines is 1. The van der Waals surface area contributed by atoms with Gasteiger partial charge in [-0.25, -0.2) is 4.39 Å². The van der Waals surface area contributed by atoms with E-state index in [1.165, 1.54) is 48.8 Å². The van der Waals surface area contributed by atoms with Crippen molar-refractivity contribution in [2.45, 2.75) is 0 Å². The van der Waals surface area contributed by atoms with Gasteiger partial charge in [0.05, 0.1) is 12.1 Å². The summed E-state index contributed by atoms with van der Waals surface area (Å²) in [6.45, 7) is 2.39. The highest BCUT2D eigenvalue weighted by atomic mass is 19.1. The Balaban J connectivity index is 1.47. The third kappa shape index (κ3) is 4.54. The van der Waals surface area contributed by atoms with Gasteiger partial charge in [-0.3, -0.25) is 14.5 Å². The Labute approximate surface area is 150 Å². The van der Waals surface area contributed by atoms with Crippen LogP contribution in [0.1, 0.15) is 10.4 Å². The Morgan fingerprint density at radius 1 is 1.04 bits per heavy atom. The Morgan fingerprint density at radius 2 is 1.65 bits per heavy atom. The first-order valence-electron chi connectivity index (χ1n) is 8.27. The lowest BCUT2D eigenvalue weighted by Gasteiger charge is -2.34. The highest BCUT2D eigenvalue weighted by Gasteiger charge is 2.23. The van der Waals surface area contributed by atoms with E-state index in [1.807, 2.05) is 4.90 Å². The van der Waals surface area contributed by atoms with Crippen molar-refractivity contribution < 1.29 is 18.7 Å². The van der Waals surface area contributed by atoms with Crippen molar-refractivity contribution in [3.63, 3.8) is 0 Å². The summed E-state index contributed by atoms with van der Waals surface area (Å²) in [4.78, 5) is 28.1. The van der Waals surface area contributed by atoms with Crippen LogP contribution in [0.2, 0.25) is 0 Å². The fourth-order valence-corrected chi connectivity index (χ4v) is 2.78. The number of hydrogen-bond donors (Lipinski definition) is 1. The molecule has 2 aromatic rings. The third-order valence-electron chi connectivity index (χ3n) is 4.20. The molecule has 0 saturated carbocycles. The lowest BCUT2D eigenvalue weighted by Crippen LogP contribution is -2.50. The molecule has 2 heterocycles. The second-order valence-electron chi connectivity index (χ2n) is 6.07. The zero-order valence-electron chi connectivity index (χ0n) is 14.1. The molecule has 0 radical (unpaired) electrons. The minimum Gasteiger partial charge on any atom is -0.619 e. The fraction of sp³-hybridized carbons (Fsp3) is 0.278. The highest BCUT2D eigenvalue weighted by molar-refractivity contribution is 5.94. The number of carbonyl (C=O) groups excluding carboxylic acids is 2. The second kappa shape index (κ2) is 7.92. The Morgan fingerprint density at radius 3 is 2.27 bits per heavy atom. The minimum absolute atomic E-state index is 0.124. The smallest absolute Gasteiger partial charge is 0.254 e. The van der Waals surface area contributed by atoms with Gasteiger partial charge in [-0.1, -0.05) is 0 Å². The van der Waals surface area contributed by atoms with E-state index < -0.39 is 0 Å². The molecule has 0 spiro atoms. The molecule has 0 unspecified atom stereocenters. The van der Waals surface area contributed by atoms with Gasteiger partial charge in [-0.15, -0.1) is 0 Å². The number of halogens is 1. The maximum absolute atomic E-state index is 12.9. The summed E-state index contributed by atoms with van der Waals surface area (Å²) in [5.41, 5.74) is 1.02. The summed E-state index contributed by atoms with van der Waals surface area (Å²) in [6.07, 6.45) is 2.59. The number of nitrogens with one attached hydrogen (secondary N) is 1. The van der Waals surface area contributed by atoms with Gasteiger partial charge in [-0.2, -0.15) is 4.73 Å². The van der Waals surface area contributed by atoms with Crippen molar-refractivity contribution in [2.75, 3.05) is 38.0 Å². The molecule has 7 nitrogen and oxygen atoms in total. The zero-order valence-corrected chi connectivity index (χ0v) is 14.1. The van der Waals surface area contributed by atoms with Crippen LogP contribution in [-0.4, -0.2) is 54.3 Å². The summed E-state index contributed by atoms with van der Waals surface area (Å²) in [7, 11) is 0. The first-order chi connectivity index (χ1) is 12.5. The normalized spacial score (nSPS) is 14.9. The molecule has 0 bridgehead atoms. The fourth-order valence-electron chi connectivity index (χ4n) is 2.78. The number of aromatic nitrogens is 1. The van der Waals surface area contributed by atoms with E-state index in [-0.39, 0.29) is 24.2 Å². The van der Waals surface area contributed by atoms with Crippen LogP contribution in [-0.2, 0) is 4.79 Å². The summed E-state index contributed by atoms with van der Waals surface area (Å²) in [5.74, 6) is -0.660. The van der Waals surface area contributed by atoms with Gasteiger partial charge in [0.15, 0.2) is 12.4 Å². The van der Waals surface area contributed by atoms with Gasteiger partial charge in [0.2, 0.25) is 5.91 Å². The van der Waals surface area contributed by atoms with E-state index in [9.17, 15) is 19.2 Å². The molecular weight excluding hydrogens is 339 g/mol. The maximum atomic E-state index is 12.9. The van der Waals surface area contributed by atoms with Crippen LogP contribution < -0.4 is 10.0 Å². The van der Waals surface area contributed by atoms with Crippen LogP contribution in [0.25, 0.3) is 0 Å². The first-order valence-corrected chi connectivity index (χ1v) is 8.27. The molecule has 1 aliphatic rings. The molecule has 2 amide bonds. The largest absolute Gasteiger partial charge is 0.619 e. The van der Waals surface area contributed by atoms with Gasteiger partial charge < -0.3 is 15.4 Å². The lowest BCUT2D eigenvalue weighted by atomic mass is 10.2. The highest BCUT2D eigenvalue weighted by Crippen LogP contribution is 2.10. The lowest BCUT2D eigenvalue weighted by molar-refractivity contribution is -0.605. The molecule has 8 heteroatoms. The molecule has 3 rings (SSSR count). The molecule has 1 fully saturated rings. The molecular formula is C18H19FN4O3. The van der Waals surface area contributed by atoms with Gasteiger partial charge in [-0.05, 0) is 24.3 Å². The van der Waals surface area contributed by atoms with E-state index in [4.69, 9.17) is 0 Å². The first kappa shape index (κ1) is 17.8. The van der Waals surface area contributed by atoms with E-state index in [0.717, 1.165) is 0 Å². The summed E-state index contributed by atoms with van der Waals surface area (Å²) in [6, 6.07) is 8.59. The van der Waals surface area contributed by atoms with Gasteiger partial charge >= 0.3 is 0 Å². The number of hydrogen-bond acceptors (Lipinski definition) is 4. The third-order valence-corrected chi connectivity index (χ3v) is 4.20. The summed E-state index contributed by atoms with van der Waals surface area (Å²) < 4.78 is 13.5. The van der Waals surface area contributed by atoms with Crippen LogP contribution in [0, 0.1) is 11.0 Å². The Kier molecular flexibility index (Phi) is 5.43. The SMILES string of the molecule is O=C(CN1CCN(C(=O)c2cc[n+]([O-])cc2)CC1)Nc1ccc(F)cc1. The number of nitrogens with zero attached hydrogens (tertiary/aromatic N) is 3. The molecule has 26 heavy (non-hydrogen) atoms. The van der Waals surface area contributed by atoms with Crippen LogP contribution in [0.15, 0.2) is 48.8 Å². The number of benzene rings is 1.